The summed E-state index contributed by atoms with van der Waals surface area (Å²) in [7, 11) is 0. The molecule has 0 bridgehead atoms. The van der Waals surface area contributed by atoms with E-state index in [9.17, 15) is 5.11 Å². The Hall–Kier alpha value is -0.900. The van der Waals surface area contributed by atoms with Crippen LogP contribution in [0.3, 0.4) is 0 Å². The van der Waals surface area contributed by atoms with E-state index < -0.39 is 0 Å². The minimum absolute atomic E-state index is 0.0178. The average molecular weight is 237 g/mol. The SMILES string of the molecule is CC(C)Cn1nnc(CO)c1C1CCCCC1. The maximum absolute atomic E-state index is 9.38. The molecule has 1 heterocycles. The predicted molar refractivity (Wildman–Crippen MR) is 66.6 cm³/mol. The van der Waals surface area contributed by atoms with Crippen molar-refractivity contribution in [1.82, 2.24) is 15.0 Å². The van der Waals surface area contributed by atoms with Crippen LogP contribution in [0.5, 0.6) is 0 Å². The molecule has 0 aromatic carbocycles. The van der Waals surface area contributed by atoms with Crippen molar-refractivity contribution in [2.24, 2.45) is 5.92 Å². The highest BCUT2D eigenvalue weighted by atomic mass is 16.3. The van der Waals surface area contributed by atoms with Crippen LogP contribution in [0.25, 0.3) is 0 Å². The van der Waals surface area contributed by atoms with E-state index in [1.54, 1.807) is 0 Å². The third-order valence-electron chi connectivity index (χ3n) is 3.53. The first-order valence-corrected chi connectivity index (χ1v) is 6.75. The van der Waals surface area contributed by atoms with Crippen molar-refractivity contribution in [2.75, 3.05) is 0 Å². The van der Waals surface area contributed by atoms with Crippen molar-refractivity contribution in [2.45, 2.75) is 65.0 Å². The lowest BCUT2D eigenvalue weighted by molar-refractivity contribution is 0.272. The lowest BCUT2D eigenvalue weighted by Crippen LogP contribution is -2.16. The first-order valence-electron chi connectivity index (χ1n) is 6.75. The summed E-state index contributed by atoms with van der Waals surface area (Å²) in [6.45, 7) is 5.29. The van der Waals surface area contributed by atoms with Crippen molar-refractivity contribution in [3.05, 3.63) is 11.4 Å². The summed E-state index contributed by atoms with van der Waals surface area (Å²) in [5, 5.41) is 17.7. The van der Waals surface area contributed by atoms with Crippen molar-refractivity contribution < 1.29 is 5.11 Å². The Morgan fingerprint density at radius 1 is 1.29 bits per heavy atom. The summed E-state index contributed by atoms with van der Waals surface area (Å²) in [4.78, 5) is 0. The lowest BCUT2D eigenvalue weighted by Gasteiger charge is -2.23. The van der Waals surface area contributed by atoms with Gasteiger partial charge in [0.1, 0.15) is 5.69 Å². The van der Waals surface area contributed by atoms with Crippen LogP contribution in [0.15, 0.2) is 0 Å². The second-order valence-electron chi connectivity index (χ2n) is 5.49. The van der Waals surface area contributed by atoms with Crippen molar-refractivity contribution in [1.29, 1.82) is 0 Å². The molecule has 2 rings (SSSR count). The predicted octanol–water partition coefficient (Wildman–Crippen LogP) is 2.47. The summed E-state index contributed by atoms with van der Waals surface area (Å²) < 4.78 is 2.02. The van der Waals surface area contributed by atoms with Gasteiger partial charge in [-0.25, -0.2) is 4.68 Å². The van der Waals surface area contributed by atoms with Gasteiger partial charge in [-0.3, -0.25) is 0 Å². The van der Waals surface area contributed by atoms with Gasteiger partial charge < -0.3 is 5.11 Å². The quantitative estimate of drug-likeness (QED) is 0.875. The highest BCUT2D eigenvalue weighted by Crippen LogP contribution is 2.34. The van der Waals surface area contributed by atoms with Gasteiger partial charge in [-0.15, -0.1) is 5.10 Å². The van der Waals surface area contributed by atoms with E-state index in [0.29, 0.717) is 11.8 Å². The molecule has 1 aromatic heterocycles. The van der Waals surface area contributed by atoms with Crippen LogP contribution in [0.2, 0.25) is 0 Å². The number of aromatic nitrogens is 3. The number of hydrogen-bond donors (Lipinski definition) is 1. The van der Waals surface area contributed by atoms with Crippen LogP contribution >= 0.6 is 0 Å². The number of nitrogens with zero attached hydrogens (tertiary/aromatic N) is 3. The van der Waals surface area contributed by atoms with Crippen LogP contribution in [0.1, 0.15) is 63.3 Å². The van der Waals surface area contributed by atoms with Gasteiger partial charge in [0.2, 0.25) is 0 Å². The van der Waals surface area contributed by atoms with E-state index in [4.69, 9.17) is 0 Å². The molecular formula is C13H23N3O. The zero-order valence-electron chi connectivity index (χ0n) is 10.9. The molecule has 0 amide bonds. The van der Waals surface area contributed by atoms with E-state index in [2.05, 4.69) is 24.2 Å². The van der Waals surface area contributed by atoms with E-state index in [-0.39, 0.29) is 6.61 Å². The van der Waals surface area contributed by atoms with E-state index in [1.807, 2.05) is 4.68 Å². The minimum Gasteiger partial charge on any atom is -0.390 e. The topological polar surface area (TPSA) is 50.9 Å². The number of rotatable bonds is 4. The Morgan fingerprint density at radius 3 is 2.59 bits per heavy atom. The zero-order chi connectivity index (χ0) is 12.3. The monoisotopic (exact) mass is 237 g/mol. The molecular weight excluding hydrogens is 214 g/mol. The third kappa shape index (κ3) is 2.86. The van der Waals surface area contributed by atoms with Crippen LogP contribution in [-0.4, -0.2) is 20.1 Å². The van der Waals surface area contributed by atoms with Crippen molar-refractivity contribution in [3.8, 4) is 0 Å². The van der Waals surface area contributed by atoms with Gasteiger partial charge in [0.25, 0.3) is 0 Å². The first kappa shape index (κ1) is 12.6. The van der Waals surface area contributed by atoms with Crippen molar-refractivity contribution >= 4 is 0 Å². The molecule has 1 aliphatic rings. The van der Waals surface area contributed by atoms with E-state index in [0.717, 1.165) is 12.2 Å². The summed E-state index contributed by atoms with van der Waals surface area (Å²) in [6, 6.07) is 0. The summed E-state index contributed by atoms with van der Waals surface area (Å²) >= 11 is 0. The second kappa shape index (κ2) is 5.63. The molecule has 0 spiro atoms. The summed E-state index contributed by atoms with van der Waals surface area (Å²) in [6.07, 6.45) is 6.37. The van der Waals surface area contributed by atoms with Gasteiger partial charge in [-0.1, -0.05) is 38.3 Å². The Kier molecular flexibility index (Phi) is 4.15. The molecule has 0 saturated heterocycles. The average Bonchev–Trinajstić information content (AvgIpc) is 2.72. The molecule has 1 aliphatic carbocycles. The standard InChI is InChI=1S/C13H23N3O/c1-10(2)8-16-13(12(9-17)14-15-16)11-6-4-3-5-7-11/h10-11,17H,3-9H2,1-2H3. The largest absolute Gasteiger partial charge is 0.390 e. The Bertz CT molecular complexity index is 354. The highest BCUT2D eigenvalue weighted by Gasteiger charge is 2.24. The molecule has 4 heteroatoms. The molecule has 0 aliphatic heterocycles. The van der Waals surface area contributed by atoms with E-state index in [1.165, 1.54) is 37.8 Å². The molecule has 0 unspecified atom stereocenters. The molecule has 1 saturated carbocycles. The van der Waals surface area contributed by atoms with Crippen LogP contribution in [0, 0.1) is 5.92 Å². The maximum Gasteiger partial charge on any atom is 0.112 e. The highest BCUT2D eigenvalue weighted by molar-refractivity contribution is 5.15. The van der Waals surface area contributed by atoms with Gasteiger partial charge in [0, 0.05) is 12.5 Å². The van der Waals surface area contributed by atoms with Crippen LogP contribution < -0.4 is 0 Å². The van der Waals surface area contributed by atoms with Gasteiger partial charge >= 0.3 is 0 Å². The molecule has 96 valence electrons. The van der Waals surface area contributed by atoms with Gasteiger partial charge in [0.15, 0.2) is 0 Å². The Balaban J connectivity index is 2.24. The second-order valence-corrected chi connectivity index (χ2v) is 5.49. The van der Waals surface area contributed by atoms with Crippen molar-refractivity contribution in [3.63, 3.8) is 0 Å². The molecule has 0 atom stereocenters. The lowest BCUT2D eigenvalue weighted by atomic mass is 9.86. The normalized spacial score (nSPS) is 17.9. The molecule has 1 fully saturated rings. The number of hydrogen-bond acceptors (Lipinski definition) is 3. The van der Waals surface area contributed by atoms with Gasteiger partial charge in [0.05, 0.1) is 12.3 Å². The molecule has 1 N–H and O–H groups in total. The van der Waals surface area contributed by atoms with Gasteiger partial charge in [-0.2, -0.15) is 0 Å². The first-order chi connectivity index (χ1) is 8.22. The van der Waals surface area contributed by atoms with Gasteiger partial charge in [-0.05, 0) is 18.8 Å². The smallest absolute Gasteiger partial charge is 0.112 e. The minimum atomic E-state index is 0.0178. The molecule has 0 radical (unpaired) electrons. The van der Waals surface area contributed by atoms with E-state index >= 15 is 0 Å². The molecule has 17 heavy (non-hydrogen) atoms. The molecule has 4 nitrogen and oxygen atoms in total. The zero-order valence-corrected chi connectivity index (χ0v) is 10.9. The number of aliphatic hydroxyl groups excluding tert-OH is 1. The Labute approximate surface area is 103 Å². The maximum atomic E-state index is 9.38. The Morgan fingerprint density at radius 2 is 2.00 bits per heavy atom. The summed E-state index contributed by atoms with van der Waals surface area (Å²) in [5.74, 6) is 1.12. The molecule has 1 aromatic rings. The third-order valence-corrected chi connectivity index (χ3v) is 3.53. The fourth-order valence-electron chi connectivity index (χ4n) is 2.77. The van der Waals surface area contributed by atoms with Crippen LogP contribution in [-0.2, 0) is 13.2 Å². The summed E-state index contributed by atoms with van der Waals surface area (Å²) in [5.41, 5.74) is 1.98. The fraction of sp³-hybridized carbons (Fsp3) is 0.846. The fourth-order valence-corrected chi connectivity index (χ4v) is 2.77. The number of aliphatic hydroxyl groups is 1. The van der Waals surface area contributed by atoms with Crippen LogP contribution in [0.4, 0.5) is 0 Å².